The number of piperidine rings is 1. The molecule has 1 aliphatic rings. The molecule has 1 atom stereocenters. The van der Waals surface area contributed by atoms with Crippen molar-refractivity contribution in [3.05, 3.63) is 59.2 Å². The molecule has 1 saturated heterocycles. The van der Waals surface area contributed by atoms with E-state index in [2.05, 4.69) is 12.2 Å². The van der Waals surface area contributed by atoms with E-state index in [1.165, 1.54) is 4.90 Å². The van der Waals surface area contributed by atoms with Gasteiger partial charge in [0.2, 0.25) is 5.91 Å². The maximum Gasteiger partial charge on any atom is 0.256 e. The minimum absolute atomic E-state index is 0.0866. The maximum atomic E-state index is 14.0. The number of nitrogens with one attached hydrogen (secondary N) is 1. The Morgan fingerprint density at radius 1 is 1.09 bits per heavy atom. The lowest BCUT2D eigenvalue weighted by atomic mass is 9.94. The molecule has 1 N–H and O–H groups in total. The van der Waals surface area contributed by atoms with Gasteiger partial charge in [0.05, 0.1) is 25.3 Å². The molecule has 190 valence electrons. The van der Waals surface area contributed by atoms with Crippen molar-refractivity contribution in [2.75, 3.05) is 26.8 Å². The Balaban J connectivity index is 1.53. The van der Waals surface area contributed by atoms with E-state index < -0.39 is 17.5 Å². The highest BCUT2D eigenvalue weighted by atomic mass is 19.1. The highest BCUT2D eigenvalue weighted by Gasteiger charge is 2.29. The summed E-state index contributed by atoms with van der Waals surface area (Å²) in [6.07, 6.45) is 4.16. The second-order valence-corrected chi connectivity index (χ2v) is 8.89. The van der Waals surface area contributed by atoms with Crippen LogP contribution in [-0.2, 0) is 4.79 Å². The number of hydrogen-bond donors (Lipinski definition) is 1. The second kappa shape index (κ2) is 12.5. The minimum atomic E-state index is -0.878. The maximum absolute atomic E-state index is 14.0. The van der Waals surface area contributed by atoms with Gasteiger partial charge in [0, 0.05) is 25.1 Å². The fraction of sp³-hybridized carbons (Fsp3) is 0.481. The molecule has 2 aromatic rings. The summed E-state index contributed by atoms with van der Waals surface area (Å²) in [5.74, 6) is -1.12. The Hall–Kier alpha value is -3.16. The van der Waals surface area contributed by atoms with Gasteiger partial charge in [-0.05, 0) is 56.0 Å². The van der Waals surface area contributed by atoms with E-state index in [0.717, 1.165) is 37.0 Å². The highest BCUT2D eigenvalue weighted by Crippen LogP contribution is 2.31. The van der Waals surface area contributed by atoms with Crippen LogP contribution in [0.2, 0.25) is 0 Å². The number of nitrogens with zero attached hydrogens (tertiary/aromatic N) is 1. The number of methoxy groups -OCH3 is 1. The normalized spacial score (nSPS) is 14.9. The number of halogens is 2. The average Bonchev–Trinajstić information content (AvgIpc) is 2.86. The molecule has 0 saturated carbocycles. The van der Waals surface area contributed by atoms with Gasteiger partial charge >= 0.3 is 0 Å². The topological polar surface area (TPSA) is 67.9 Å². The van der Waals surface area contributed by atoms with Gasteiger partial charge in [0.15, 0.2) is 11.5 Å². The predicted octanol–water partition coefficient (Wildman–Crippen LogP) is 5.27. The van der Waals surface area contributed by atoms with Crippen LogP contribution in [0.1, 0.15) is 67.9 Å². The Morgan fingerprint density at radius 2 is 1.83 bits per heavy atom. The highest BCUT2D eigenvalue weighted by molar-refractivity contribution is 5.94. The smallest absolute Gasteiger partial charge is 0.256 e. The van der Waals surface area contributed by atoms with Crippen molar-refractivity contribution in [2.45, 2.75) is 52.0 Å². The third kappa shape index (κ3) is 6.93. The van der Waals surface area contributed by atoms with Gasteiger partial charge in [-0.1, -0.05) is 25.8 Å². The summed E-state index contributed by atoms with van der Waals surface area (Å²) in [5, 5.41) is 3.05. The standard InChI is InChI=1S/C27H34F2N2O4/c1-4-5-6-15-35-24-10-7-20(16-25(24)34-3)18(2)30-26(32)19-11-13-31(14-12-19)27(33)22-9-8-21(28)17-23(22)29/h7-10,16-19H,4-6,11-15H2,1-3H3,(H,30,32). The Bertz CT molecular complexity index is 1020. The lowest BCUT2D eigenvalue weighted by Gasteiger charge is -2.32. The van der Waals surface area contributed by atoms with Crippen LogP contribution in [-0.4, -0.2) is 43.5 Å². The first-order valence-electron chi connectivity index (χ1n) is 12.2. The van der Waals surface area contributed by atoms with Crippen LogP contribution in [0.25, 0.3) is 0 Å². The largest absolute Gasteiger partial charge is 0.493 e. The van der Waals surface area contributed by atoms with E-state index in [1.54, 1.807) is 7.11 Å². The van der Waals surface area contributed by atoms with Crippen LogP contribution in [0.3, 0.4) is 0 Å². The zero-order valence-corrected chi connectivity index (χ0v) is 20.6. The molecule has 35 heavy (non-hydrogen) atoms. The molecular weight excluding hydrogens is 454 g/mol. The summed E-state index contributed by atoms with van der Waals surface area (Å²) in [7, 11) is 1.59. The molecule has 6 nitrogen and oxygen atoms in total. The lowest BCUT2D eigenvalue weighted by Crippen LogP contribution is -2.43. The van der Waals surface area contributed by atoms with Crippen LogP contribution < -0.4 is 14.8 Å². The van der Waals surface area contributed by atoms with Crippen LogP contribution in [0.5, 0.6) is 11.5 Å². The molecule has 2 amide bonds. The van der Waals surface area contributed by atoms with Crippen LogP contribution in [0.4, 0.5) is 8.78 Å². The van der Waals surface area contributed by atoms with Crippen molar-refractivity contribution in [1.29, 1.82) is 0 Å². The molecule has 1 unspecified atom stereocenters. The van der Waals surface area contributed by atoms with Crippen molar-refractivity contribution >= 4 is 11.8 Å². The molecule has 0 aromatic heterocycles. The molecule has 0 aliphatic carbocycles. The number of rotatable bonds is 10. The summed E-state index contributed by atoms with van der Waals surface area (Å²) >= 11 is 0. The number of carbonyl (C=O) groups is 2. The third-order valence-corrected chi connectivity index (χ3v) is 6.37. The van der Waals surface area contributed by atoms with Gasteiger partial charge in [0.25, 0.3) is 5.91 Å². The van der Waals surface area contributed by atoms with Crippen LogP contribution in [0, 0.1) is 17.6 Å². The number of amides is 2. The minimum Gasteiger partial charge on any atom is -0.493 e. The molecule has 3 rings (SSSR count). The number of hydrogen-bond acceptors (Lipinski definition) is 4. The number of likely N-dealkylation sites (tertiary alicyclic amines) is 1. The predicted molar refractivity (Wildman–Crippen MR) is 130 cm³/mol. The van der Waals surface area contributed by atoms with Gasteiger partial charge in [-0.25, -0.2) is 8.78 Å². The fourth-order valence-corrected chi connectivity index (χ4v) is 4.20. The van der Waals surface area contributed by atoms with Crippen LogP contribution in [0.15, 0.2) is 36.4 Å². The van der Waals surface area contributed by atoms with Gasteiger partial charge in [-0.2, -0.15) is 0 Å². The van der Waals surface area contributed by atoms with Gasteiger partial charge < -0.3 is 19.7 Å². The van der Waals surface area contributed by atoms with E-state index >= 15 is 0 Å². The van der Waals surface area contributed by atoms with Crippen LogP contribution >= 0.6 is 0 Å². The van der Waals surface area contributed by atoms with E-state index in [1.807, 2.05) is 25.1 Å². The van der Waals surface area contributed by atoms with E-state index in [-0.39, 0.29) is 23.4 Å². The Kier molecular flexibility index (Phi) is 9.46. The molecule has 1 fully saturated rings. The molecule has 0 spiro atoms. The first-order valence-corrected chi connectivity index (χ1v) is 12.2. The second-order valence-electron chi connectivity index (χ2n) is 8.89. The Morgan fingerprint density at radius 3 is 2.49 bits per heavy atom. The number of carbonyl (C=O) groups excluding carboxylic acids is 2. The van der Waals surface area contributed by atoms with Gasteiger partial charge in [-0.15, -0.1) is 0 Å². The summed E-state index contributed by atoms with van der Waals surface area (Å²) in [6.45, 7) is 5.35. The quantitative estimate of drug-likeness (QED) is 0.463. The third-order valence-electron chi connectivity index (χ3n) is 6.37. The zero-order valence-electron chi connectivity index (χ0n) is 20.6. The Labute approximate surface area is 205 Å². The molecule has 1 aliphatic heterocycles. The molecule has 2 aromatic carbocycles. The van der Waals surface area contributed by atoms with Crippen molar-refractivity contribution < 1.29 is 27.8 Å². The SMILES string of the molecule is CCCCCOc1ccc(C(C)NC(=O)C2CCN(C(=O)c3ccc(F)cc3F)CC2)cc1OC. The zero-order chi connectivity index (χ0) is 25.4. The molecule has 0 bridgehead atoms. The van der Waals surface area contributed by atoms with Gasteiger partial charge in [-0.3, -0.25) is 9.59 Å². The number of ether oxygens (including phenoxy) is 2. The first-order chi connectivity index (χ1) is 16.8. The van der Waals surface area contributed by atoms with E-state index in [9.17, 15) is 18.4 Å². The molecule has 0 radical (unpaired) electrons. The molecule has 1 heterocycles. The van der Waals surface area contributed by atoms with Crippen molar-refractivity contribution in [3.8, 4) is 11.5 Å². The van der Waals surface area contributed by atoms with E-state index in [4.69, 9.17) is 9.47 Å². The van der Waals surface area contributed by atoms with Crippen molar-refractivity contribution in [2.24, 2.45) is 5.92 Å². The summed E-state index contributed by atoms with van der Waals surface area (Å²) in [6, 6.07) is 8.34. The molecular formula is C27H34F2N2O4. The lowest BCUT2D eigenvalue weighted by molar-refractivity contribution is -0.127. The van der Waals surface area contributed by atoms with Crippen molar-refractivity contribution in [1.82, 2.24) is 10.2 Å². The van der Waals surface area contributed by atoms with Crippen molar-refractivity contribution in [3.63, 3.8) is 0 Å². The monoisotopic (exact) mass is 488 g/mol. The molecule has 8 heteroatoms. The fourth-order valence-electron chi connectivity index (χ4n) is 4.20. The number of benzene rings is 2. The first kappa shape index (κ1) is 26.4. The number of unbranched alkanes of at least 4 members (excludes halogenated alkanes) is 2. The summed E-state index contributed by atoms with van der Waals surface area (Å²) < 4.78 is 38.4. The summed E-state index contributed by atoms with van der Waals surface area (Å²) in [4.78, 5) is 27.0. The average molecular weight is 489 g/mol. The summed E-state index contributed by atoms with van der Waals surface area (Å²) in [5.41, 5.74) is 0.741. The van der Waals surface area contributed by atoms with Gasteiger partial charge in [0.1, 0.15) is 11.6 Å². The van der Waals surface area contributed by atoms with E-state index in [0.29, 0.717) is 50.1 Å².